The minimum Gasteiger partial charge on any atom is -0.459 e. The molecule has 0 atom stereocenters. The topological polar surface area (TPSA) is 74.3 Å². The molecule has 0 radical (unpaired) electrons. The number of esters is 1. The second-order valence-electron chi connectivity index (χ2n) is 6.77. The van der Waals surface area contributed by atoms with Gasteiger partial charge >= 0.3 is 11.7 Å². The van der Waals surface area contributed by atoms with E-state index in [4.69, 9.17) is 20.8 Å². The van der Waals surface area contributed by atoms with Crippen molar-refractivity contribution < 1.29 is 13.9 Å². The van der Waals surface area contributed by atoms with Crippen LogP contribution in [0.5, 0.6) is 0 Å². The van der Waals surface area contributed by atoms with Crippen LogP contribution in [-0.2, 0) is 22.7 Å². The molecular weight excluding hydrogens is 392 g/mol. The van der Waals surface area contributed by atoms with Crippen LogP contribution >= 0.6 is 11.6 Å². The Kier molecular flexibility index (Phi) is 5.36. The number of hydrogen-bond donors (Lipinski definition) is 0. The molecule has 0 saturated carbocycles. The molecule has 7 heteroatoms. The van der Waals surface area contributed by atoms with E-state index in [1.54, 1.807) is 12.1 Å². The normalized spacial score (nSPS) is 11.2. The summed E-state index contributed by atoms with van der Waals surface area (Å²) in [6, 6.07) is 14.9. The van der Waals surface area contributed by atoms with Crippen molar-refractivity contribution in [2.24, 2.45) is 0 Å². The van der Waals surface area contributed by atoms with Gasteiger partial charge < -0.3 is 9.15 Å². The molecule has 2 heterocycles. The van der Waals surface area contributed by atoms with Crippen molar-refractivity contribution in [3.05, 3.63) is 75.4 Å². The predicted octanol–water partition coefficient (Wildman–Crippen LogP) is 4.63. The molecule has 2 aromatic heterocycles. The highest BCUT2D eigenvalue weighted by Gasteiger charge is 2.13. The number of aryl methyl sites for hydroxylation is 2. The highest BCUT2D eigenvalue weighted by Crippen LogP contribution is 2.27. The average molecular weight is 411 g/mol. The summed E-state index contributed by atoms with van der Waals surface area (Å²) < 4.78 is 12.1. The molecule has 0 spiro atoms. The van der Waals surface area contributed by atoms with Gasteiger partial charge in [0.15, 0.2) is 5.58 Å². The van der Waals surface area contributed by atoms with E-state index in [-0.39, 0.29) is 19.0 Å². The van der Waals surface area contributed by atoms with E-state index in [0.717, 1.165) is 16.5 Å². The number of benzene rings is 2. The molecule has 6 nitrogen and oxygen atoms in total. The Balaban J connectivity index is 1.37. The second-order valence-corrected chi connectivity index (χ2v) is 7.14. The number of aromatic nitrogens is 2. The molecule has 0 unspecified atom stereocenters. The van der Waals surface area contributed by atoms with E-state index in [2.05, 4.69) is 4.98 Å². The number of nitrogens with zero attached hydrogens (tertiary/aromatic N) is 2. The number of carbonyl (C=O) groups is 1. The lowest BCUT2D eigenvalue weighted by Gasteiger charge is -2.10. The third-order valence-corrected chi connectivity index (χ3v) is 5.35. The summed E-state index contributed by atoms with van der Waals surface area (Å²) >= 11 is 6.40. The number of oxazole rings is 1. The van der Waals surface area contributed by atoms with E-state index in [0.29, 0.717) is 34.8 Å². The zero-order chi connectivity index (χ0) is 20.4. The van der Waals surface area contributed by atoms with Crippen molar-refractivity contribution in [3.63, 3.8) is 0 Å². The van der Waals surface area contributed by atoms with Gasteiger partial charge in [0.05, 0.1) is 21.7 Å². The van der Waals surface area contributed by atoms with Crippen molar-refractivity contribution in [2.45, 2.75) is 32.9 Å². The second kappa shape index (κ2) is 8.09. The van der Waals surface area contributed by atoms with Crippen molar-refractivity contribution >= 4 is 39.6 Å². The highest BCUT2D eigenvalue weighted by atomic mass is 35.5. The molecule has 2 aromatic carbocycles. The summed E-state index contributed by atoms with van der Waals surface area (Å²) in [6.07, 6.45) is 0.635. The molecule has 0 saturated heterocycles. The van der Waals surface area contributed by atoms with Crippen LogP contribution in [-0.4, -0.2) is 15.5 Å². The molecule has 0 bridgehead atoms. The van der Waals surface area contributed by atoms with Crippen LogP contribution in [0.25, 0.3) is 22.0 Å². The number of ether oxygens (including phenoxy) is 1. The van der Waals surface area contributed by atoms with E-state index < -0.39 is 5.76 Å². The van der Waals surface area contributed by atoms with Crippen molar-refractivity contribution in [2.75, 3.05) is 0 Å². The Hall–Kier alpha value is -3.12. The Morgan fingerprint density at radius 2 is 1.93 bits per heavy atom. The summed E-state index contributed by atoms with van der Waals surface area (Å²) in [6.45, 7) is 2.31. The summed E-state index contributed by atoms with van der Waals surface area (Å²) in [4.78, 5) is 28.6. The van der Waals surface area contributed by atoms with Crippen LogP contribution in [0.3, 0.4) is 0 Å². The van der Waals surface area contributed by atoms with Gasteiger partial charge in [0.25, 0.3) is 0 Å². The molecule has 148 valence electrons. The maximum Gasteiger partial charge on any atom is 0.419 e. The van der Waals surface area contributed by atoms with Gasteiger partial charge in [-0.3, -0.25) is 9.36 Å². The Labute approximate surface area is 171 Å². The number of carbonyl (C=O) groups excluding carboxylic acids is 1. The number of pyridine rings is 1. The molecule has 0 aliphatic rings. The van der Waals surface area contributed by atoms with Crippen LogP contribution in [0.4, 0.5) is 0 Å². The fourth-order valence-electron chi connectivity index (χ4n) is 3.34. The van der Waals surface area contributed by atoms with E-state index in [9.17, 15) is 9.59 Å². The highest BCUT2D eigenvalue weighted by molar-refractivity contribution is 6.32. The van der Waals surface area contributed by atoms with Crippen molar-refractivity contribution in [3.8, 4) is 0 Å². The predicted molar refractivity (Wildman–Crippen MR) is 111 cm³/mol. The van der Waals surface area contributed by atoms with E-state index in [1.165, 1.54) is 4.57 Å². The lowest BCUT2D eigenvalue weighted by atomic mass is 10.1. The minimum atomic E-state index is -0.429. The van der Waals surface area contributed by atoms with E-state index in [1.807, 2.05) is 43.3 Å². The van der Waals surface area contributed by atoms with Crippen LogP contribution in [0, 0.1) is 6.92 Å². The first kappa shape index (κ1) is 19.2. The zero-order valence-electron chi connectivity index (χ0n) is 15.9. The standard InChI is InChI=1S/C22H19ClN2O4/c1-14-15-7-2-3-8-16(15)24-17(21(14)23)13-28-20(26)11-6-12-25-18-9-4-5-10-19(18)29-22(25)27/h2-5,7-10H,6,11-13H2,1H3. The first-order valence-corrected chi connectivity index (χ1v) is 9.70. The lowest BCUT2D eigenvalue weighted by Crippen LogP contribution is -2.15. The minimum absolute atomic E-state index is 0.0118. The summed E-state index contributed by atoms with van der Waals surface area (Å²) in [5, 5.41) is 1.48. The summed E-state index contributed by atoms with van der Waals surface area (Å²) in [5.74, 6) is -0.795. The van der Waals surface area contributed by atoms with Crippen molar-refractivity contribution in [1.29, 1.82) is 0 Å². The maximum atomic E-state index is 12.1. The molecule has 0 fully saturated rings. The number of fused-ring (bicyclic) bond motifs is 2. The molecule has 0 amide bonds. The largest absolute Gasteiger partial charge is 0.459 e. The summed E-state index contributed by atoms with van der Waals surface area (Å²) in [7, 11) is 0. The fourth-order valence-corrected chi connectivity index (χ4v) is 3.54. The van der Waals surface area contributed by atoms with Crippen molar-refractivity contribution in [1.82, 2.24) is 9.55 Å². The fraction of sp³-hybridized carbons (Fsp3) is 0.227. The van der Waals surface area contributed by atoms with Gasteiger partial charge in [-0.2, -0.15) is 0 Å². The quantitative estimate of drug-likeness (QED) is 0.433. The van der Waals surface area contributed by atoms with Gasteiger partial charge in [-0.05, 0) is 37.1 Å². The molecule has 0 aliphatic heterocycles. The smallest absolute Gasteiger partial charge is 0.419 e. The summed E-state index contributed by atoms with van der Waals surface area (Å²) in [5.41, 5.74) is 3.51. The number of rotatable bonds is 6. The van der Waals surface area contributed by atoms with Gasteiger partial charge in [-0.25, -0.2) is 9.78 Å². The molecule has 29 heavy (non-hydrogen) atoms. The number of halogens is 1. The van der Waals surface area contributed by atoms with Crippen LogP contribution in [0.15, 0.2) is 57.7 Å². The SMILES string of the molecule is Cc1c(Cl)c(COC(=O)CCCn2c(=O)oc3ccccc32)nc2ccccc12. The van der Waals surface area contributed by atoms with Gasteiger partial charge in [-0.1, -0.05) is 41.9 Å². The molecule has 0 N–H and O–H groups in total. The molecule has 0 aliphatic carbocycles. The van der Waals surface area contributed by atoms with Gasteiger partial charge in [0.1, 0.15) is 6.61 Å². The van der Waals surface area contributed by atoms with Crippen LogP contribution < -0.4 is 5.76 Å². The molecule has 4 rings (SSSR count). The zero-order valence-corrected chi connectivity index (χ0v) is 16.6. The molecule has 4 aromatic rings. The van der Waals surface area contributed by atoms with Crippen LogP contribution in [0.1, 0.15) is 24.1 Å². The third kappa shape index (κ3) is 3.89. The first-order valence-electron chi connectivity index (χ1n) is 9.32. The van der Waals surface area contributed by atoms with E-state index >= 15 is 0 Å². The average Bonchev–Trinajstić information content (AvgIpc) is 3.05. The number of hydrogen-bond acceptors (Lipinski definition) is 5. The maximum absolute atomic E-state index is 12.1. The molecular formula is C22H19ClN2O4. The Bertz CT molecular complexity index is 1260. The Morgan fingerprint density at radius 1 is 1.17 bits per heavy atom. The Morgan fingerprint density at radius 3 is 2.79 bits per heavy atom. The lowest BCUT2D eigenvalue weighted by molar-refractivity contribution is -0.145. The number of para-hydroxylation sites is 3. The van der Waals surface area contributed by atoms with Crippen LogP contribution in [0.2, 0.25) is 5.02 Å². The van der Waals surface area contributed by atoms with Gasteiger partial charge in [-0.15, -0.1) is 0 Å². The first-order chi connectivity index (χ1) is 14.0. The monoisotopic (exact) mass is 410 g/mol. The van der Waals surface area contributed by atoms with Gasteiger partial charge in [0, 0.05) is 18.4 Å². The van der Waals surface area contributed by atoms with Gasteiger partial charge in [0.2, 0.25) is 0 Å². The third-order valence-electron chi connectivity index (χ3n) is 4.85.